The number of amides is 1. The molecule has 0 spiro atoms. The molecule has 35 heavy (non-hydrogen) atoms. The van der Waals surface area contributed by atoms with Gasteiger partial charge in [-0.2, -0.15) is 0 Å². The maximum atomic E-state index is 13.6. The molecule has 1 amide bonds. The summed E-state index contributed by atoms with van der Waals surface area (Å²) in [5, 5.41) is 3.63. The van der Waals surface area contributed by atoms with Crippen LogP contribution >= 0.6 is 11.6 Å². The van der Waals surface area contributed by atoms with Gasteiger partial charge in [-0.25, -0.2) is 9.97 Å². The van der Waals surface area contributed by atoms with Gasteiger partial charge in [-0.1, -0.05) is 48.0 Å². The third-order valence-electron chi connectivity index (χ3n) is 6.49. The number of halogens is 1. The second-order valence-corrected chi connectivity index (χ2v) is 9.25. The summed E-state index contributed by atoms with van der Waals surface area (Å²) in [6.07, 6.45) is 3.20. The molecule has 3 heterocycles. The first-order chi connectivity index (χ1) is 17.0. The fraction of sp³-hybridized carbons (Fsp3) is 0.259. The monoisotopic (exact) mass is 487 g/mol. The summed E-state index contributed by atoms with van der Waals surface area (Å²) in [5.74, 6) is 0.0144. The zero-order chi connectivity index (χ0) is 24.4. The van der Waals surface area contributed by atoms with Crippen molar-refractivity contribution in [2.75, 3.05) is 23.3 Å². The van der Waals surface area contributed by atoms with Crippen LogP contribution in [-0.2, 0) is 11.3 Å². The lowest BCUT2D eigenvalue weighted by Gasteiger charge is -2.32. The Morgan fingerprint density at radius 3 is 2.77 bits per heavy atom. The minimum atomic E-state index is -0.268. The van der Waals surface area contributed by atoms with Crippen molar-refractivity contribution in [2.24, 2.45) is 5.92 Å². The molecular formula is C27H26ClN5O2. The summed E-state index contributed by atoms with van der Waals surface area (Å²) in [7, 11) is 0. The van der Waals surface area contributed by atoms with Gasteiger partial charge in [-0.3, -0.25) is 14.2 Å². The Kier molecular flexibility index (Phi) is 6.51. The third kappa shape index (κ3) is 4.77. The van der Waals surface area contributed by atoms with Crippen LogP contribution in [0.2, 0.25) is 5.02 Å². The van der Waals surface area contributed by atoms with Gasteiger partial charge in [-0.05, 0) is 55.2 Å². The Balaban J connectivity index is 1.45. The first-order valence-corrected chi connectivity index (χ1v) is 12.1. The quantitative estimate of drug-likeness (QED) is 0.443. The first-order valence-electron chi connectivity index (χ1n) is 11.7. The van der Waals surface area contributed by atoms with Gasteiger partial charge in [0.15, 0.2) is 11.5 Å². The molecule has 0 saturated carbocycles. The highest BCUT2D eigenvalue weighted by Crippen LogP contribution is 2.26. The van der Waals surface area contributed by atoms with E-state index in [1.54, 1.807) is 16.8 Å². The predicted molar refractivity (Wildman–Crippen MR) is 139 cm³/mol. The highest BCUT2D eigenvalue weighted by Gasteiger charge is 2.29. The number of benzene rings is 2. The summed E-state index contributed by atoms with van der Waals surface area (Å²) >= 11 is 6.21. The van der Waals surface area contributed by atoms with Crippen LogP contribution in [0.4, 0.5) is 11.5 Å². The van der Waals surface area contributed by atoms with E-state index in [1.165, 1.54) is 0 Å². The highest BCUT2D eigenvalue weighted by molar-refractivity contribution is 6.31. The zero-order valence-corrected chi connectivity index (χ0v) is 20.2. The summed E-state index contributed by atoms with van der Waals surface area (Å²) in [4.78, 5) is 37.8. The Hall–Kier alpha value is -3.71. The molecule has 178 valence electrons. The molecule has 1 N–H and O–H groups in total. The number of hydrogen-bond acceptors (Lipinski definition) is 5. The van der Waals surface area contributed by atoms with Crippen molar-refractivity contribution in [3.8, 4) is 0 Å². The maximum absolute atomic E-state index is 13.6. The van der Waals surface area contributed by atoms with Crippen molar-refractivity contribution in [2.45, 2.75) is 26.3 Å². The SMILES string of the molecule is Cc1c(Cl)cccc1NC(=O)C1CCCN(c2nc3cccnc3n(Cc3ccccc3)c2=O)C1. The molecule has 1 unspecified atom stereocenters. The molecule has 0 aliphatic carbocycles. The number of nitrogens with one attached hydrogen (secondary N) is 1. The number of hydrogen-bond donors (Lipinski definition) is 1. The second-order valence-electron chi connectivity index (χ2n) is 8.85. The predicted octanol–water partition coefficient (Wildman–Crippen LogP) is 4.66. The minimum absolute atomic E-state index is 0.0767. The maximum Gasteiger partial charge on any atom is 0.295 e. The molecule has 1 atom stereocenters. The highest BCUT2D eigenvalue weighted by atomic mass is 35.5. The van der Waals surface area contributed by atoms with Crippen molar-refractivity contribution in [3.63, 3.8) is 0 Å². The molecule has 0 radical (unpaired) electrons. The van der Waals surface area contributed by atoms with Crippen LogP contribution in [-0.4, -0.2) is 33.5 Å². The van der Waals surface area contributed by atoms with E-state index in [2.05, 4.69) is 15.3 Å². The Labute approximate surface area is 208 Å². The molecule has 0 bridgehead atoms. The number of fused-ring (bicyclic) bond motifs is 1. The summed E-state index contributed by atoms with van der Waals surface area (Å²) in [6.45, 7) is 3.37. The fourth-order valence-electron chi connectivity index (χ4n) is 4.54. The number of anilines is 2. The van der Waals surface area contributed by atoms with Crippen LogP contribution < -0.4 is 15.8 Å². The number of piperidine rings is 1. The molecule has 1 aliphatic heterocycles. The van der Waals surface area contributed by atoms with Crippen molar-refractivity contribution in [1.29, 1.82) is 0 Å². The van der Waals surface area contributed by atoms with Crippen molar-refractivity contribution in [3.05, 3.63) is 93.4 Å². The van der Waals surface area contributed by atoms with Crippen LogP contribution in [0.15, 0.2) is 71.7 Å². The smallest absolute Gasteiger partial charge is 0.295 e. The second kappa shape index (κ2) is 9.88. The van der Waals surface area contributed by atoms with Crippen molar-refractivity contribution in [1.82, 2.24) is 14.5 Å². The van der Waals surface area contributed by atoms with Gasteiger partial charge in [0.25, 0.3) is 5.56 Å². The molecule has 1 saturated heterocycles. The number of aromatic nitrogens is 3. The lowest BCUT2D eigenvalue weighted by atomic mass is 9.97. The molecule has 8 heteroatoms. The van der Waals surface area contributed by atoms with Crippen LogP contribution in [0.25, 0.3) is 11.2 Å². The van der Waals surface area contributed by atoms with E-state index in [0.717, 1.165) is 24.0 Å². The van der Waals surface area contributed by atoms with E-state index in [4.69, 9.17) is 11.6 Å². The van der Waals surface area contributed by atoms with Gasteiger partial charge in [0.1, 0.15) is 5.52 Å². The molecular weight excluding hydrogens is 462 g/mol. The minimum Gasteiger partial charge on any atom is -0.351 e. The number of carbonyl (C=O) groups is 1. The topological polar surface area (TPSA) is 80.1 Å². The Morgan fingerprint density at radius 2 is 1.94 bits per heavy atom. The standard InChI is InChI=1S/C27H26ClN5O2/c1-18-21(28)11-5-12-22(18)31-26(34)20-10-7-15-32(17-20)25-27(35)33(16-19-8-3-2-4-9-19)24-23(30-25)13-6-14-29-24/h2-6,8-9,11-14,20H,7,10,15-17H2,1H3,(H,31,34). The molecule has 4 aromatic rings. The van der Waals surface area contributed by atoms with Crippen LogP contribution in [0.1, 0.15) is 24.0 Å². The van der Waals surface area contributed by atoms with Crippen LogP contribution in [0, 0.1) is 12.8 Å². The lowest BCUT2D eigenvalue weighted by Crippen LogP contribution is -2.44. The van der Waals surface area contributed by atoms with E-state index in [-0.39, 0.29) is 17.4 Å². The number of carbonyl (C=O) groups excluding carboxylic acids is 1. The molecule has 7 nitrogen and oxygen atoms in total. The van der Waals surface area contributed by atoms with E-state index >= 15 is 0 Å². The molecule has 1 aliphatic rings. The van der Waals surface area contributed by atoms with Crippen molar-refractivity contribution >= 4 is 40.2 Å². The van der Waals surface area contributed by atoms with E-state index in [1.807, 2.05) is 66.4 Å². The molecule has 2 aromatic heterocycles. The summed E-state index contributed by atoms with van der Waals surface area (Å²) in [5.41, 5.74) is 3.55. The third-order valence-corrected chi connectivity index (χ3v) is 6.89. The van der Waals surface area contributed by atoms with Gasteiger partial charge in [-0.15, -0.1) is 0 Å². The normalized spacial score (nSPS) is 15.8. The number of nitrogens with zero attached hydrogens (tertiary/aromatic N) is 4. The molecule has 1 fully saturated rings. The van der Waals surface area contributed by atoms with Gasteiger partial charge in [0, 0.05) is 30.0 Å². The Morgan fingerprint density at radius 1 is 1.11 bits per heavy atom. The van der Waals surface area contributed by atoms with Crippen LogP contribution in [0.3, 0.4) is 0 Å². The summed E-state index contributed by atoms with van der Waals surface area (Å²) in [6, 6.07) is 19.0. The van der Waals surface area contributed by atoms with Gasteiger partial charge < -0.3 is 10.2 Å². The molecule has 2 aromatic carbocycles. The van der Waals surface area contributed by atoms with Crippen molar-refractivity contribution < 1.29 is 4.79 Å². The average Bonchev–Trinajstić information content (AvgIpc) is 2.89. The zero-order valence-electron chi connectivity index (χ0n) is 19.4. The number of rotatable bonds is 5. The van der Waals surface area contributed by atoms with E-state index < -0.39 is 0 Å². The van der Waals surface area contributed by atoms with E-state index in [0.29, 0.717) is 47.3 Å². The fourth-order valence-corrected chi connectivity index (χ4v) is 4.72. The Bertz CT molecular complexity index is 1440. The largest absolute Gasteiger partial charge is 0.351 e. The van der Waals surface area contributed by atoms with Gasteiger partial charge >= 0.3 is 0 Å². The summed E-state index contributed by atoms with van der Waals surface area (Å²) < 4.78 is 1.67. The first kappa shape index (κ1) is 23.1. The average molecular weight is 488 g/mol. The number of pyridine rings is 1. The van der Waals surface area contributed by atoms with Gasteiger partial charge in [0.05, 0.1) is 12.5 Å². The van der Waals surface area contributed by atoms with Crippen LogP contribution in [0.5, 0.6) is 0 Å². The van der Waals surface area contributed by atoms with Gasteiger partial charge in [0.2, 0.25) is 5.91 Å². The van der Waals surface area contributed by atoms with E-state index in [9.17, 15) is 9.59 Å². The molecule has 5 rings (SSSR count). The lowest BCUT2D eigenvalue weighted by molar-refractivity contribution is -0.120.